The second-order valence-corrected chi connectivity index (χ2v) is 3.77. The van der Waals surface area contributed by atoms with Crippen LogP contribution in [0.1, 0.15) is 5.56 Å². The van der Waals surface area contributed by atoms with Crippen molar-refractivity contribution >= 4 is 16.8 Å². The van der Waals surface area contributed by atoms with E-state index < -0.39 is 0 Å². The van der Waals surface area contributed by atoms with Gasteiger partial charge in [-0.1, -0.05) is 12.1 Å². The summed E-state index contributed by atoms with van der Waals surface area (Å²) in [6, 6.07) is 9.36. The van der Waals surface area contributed by atoms with Crippen LogP contribution in [0.2, 0.25) is 0 Å². The van der Waals surface area contributed by atoms with Gasteiger partial charge in [0.25, 0.3) is 5.56 Å². The van der Waals surface area contributed by atoms with Gasteiger partial charge in [0.15, 0.2) is 0 Å². The van der Waals surface area contributed by atoms with E-state index in [9.17, 15) is 4.79 Å². The molecule has 0 bridgehead atoms. The Morgan fingerprint density at radius 3 is 2.71 bits per heavy atom. The second-order valence-electron chi connectivity index (χ2n) is 3.77. The van der Waals surface area contributed by atoms with Crippen molar-refractivity contribution < 1.29 is 0 Å². The van der Waals surface area contributed by atoms with Gasteiger partial charge in [0.05, 0.1) is 17.2 Å². The van der Waals surface area contributed by atoms with Crippen molar-refractivity contribution in [2.24, 2.45) is 7.05 Å². The summed E-state index contributed by atoms with van der Waals surface area (Å²) in [7, 11) is 1.84. The predicted octanol–water partition coefficient (Wildman–Crippen LogP) is 1.06. The van der Waals surface area contributed by atoms with Crippen LogP contribution < -0.4 is 5.56 Å². The topological polar surface area (TPSA) is 63.1 Å². The fraction of sp³-hybridized carbons (Fsp3) is 0.0833. The number of nitrogens with zero attached hydrogens (tertiary/aromatic N) is 4. The van der Waals surface area contributed by atoms with E-state index >= 15 is 0 Å². The van der Waals surface area contributed by atoms with Crippen molar-refractivity contribution in [3.8, 4) is 6.07 Å². The maximum Gasteiger partial charge on any atom is 0.277 e. The molecule has 0 aliphatic carbocycles. The van der Waals surface area contributed by atoms with E-state index in [2.05, 4.69) is 4.98 Å². The minimum Gasteiger partial charge on any atom is -0.313 e. The molecule has 5 heteroatoms. The van der Waals surface area contributed by atoms with Gasteiger partial charge in [0, 0.05) is 7.05 Å². The number of nitriles is 1. The molecule has 0 fully saturated rings. The first kappa shape index (κ1) is 9.60. The number of hydrogen-bond acceptors (Lipinski definition) is 3. The first-order chi connectivity index (χ1) is 8.24. The molecule has 1 aromatic carbocycles. The van der Waals surface area contributed by atoms with Crippen LogP contribution in [0.5, 0.6) is 0 Å². The monoisotopic (exact) mass is 224 g/mol. The molecule has 0 amide bonds. The Morgan fingerprint density at radius 2 is 2.00 bits per heavy atom. The van der Waals surface area contributed by atoms with Crippen molar-refractivity contribution in [1.82, 2.24) is 14.0 Å². The standard InChI is InChI=1S/C12H8N4O/c1-15-9-4-2-3-5-10(9)16-11(17)8(6-13)7-14-12(15)16/h2-5,7H,1H3. The van der Waals surface area contributed by atoms with Crippen molar-refractivity contribution in [3.05, 3.63) is 46.4 Å². The van der Waals surface area contributed by atoms with Gasteiger partial charge in [-0.2, -0.15) is 5.26 Å². The van der Waals surface area contributed by atoms with Crippen molar-refractivity contribution in [2.75, 3.05) is 0 Å². The van der Waals surface area contributed by atoms with E-state index in [1.807, 2.05) is 41.9 Å². The Labute approximate surface area is 96.2 Å². The molecule has 82 valence electrons. The lowest BCUT2D eigenvalue weighted by Gasteiger charge is -1.95. The van der Waals surface area contributed by atoms with E-state index in [-0.39, 0.29) is 11.1 Å². The molecule has 17 heavy (non-hydrogen) atoms. The average Bonchev–Trinajstić information content (AvgIpc) is 2.65. The van der Waals surface area contributed by atoms with E-state index in [0.717, 1.165) is 11.0 Å². The summed E-state index contributed by atoms with van der Waals surface area (Å²) in [5, 5.41) is 8.85. The molecule has 2 heterocycles. The number of hydrogen-bond donors (Lipinski definition) is 0. The smallest absolute Gasteiger partial charge is 0.277 e. The van der Waals surface area contributed by atoms with Crippen LogP contribution in [0, 0.1) is 11.3 Å². The quantitative estimate of drug-likeness (QED) is 0.573. The van der Waals surface area contributed by atoms with Gasteiger partial charge in [-0.25, -0.2) is 9.38 Å². The van der Waals surface area contributed by atoms with Gasteiger partial charge in [0.2, 0.25) is 5.78 Å². The molecule has 0 unspecified atom stereocenters. The first-order valence-electron chi connectivity index (χ1n) is 5.09. The van der Waals surface area contributed by atoms with E-state index in [4.69, 9.17) is 5.26 Å². The summed E-state index contributed by atoms with van der Waals surface area (Å²) in [6.07, 6.45) is 1.32. The highest BCUT2D eigenvalue weighted by molar-refractivity contribution is 5.80. The lowest BCUT2D eigenvalue weighted by atomic mass is 10.3. The summed E-state index contributed by atoms with van der Waals surface area (Å²) in [5.41, 5.74) is 1.40. The second kappa shape index (κ2) is 3.19. The fourth-order valence-corrected chi connectivity index (χ4v) is 2.02. The largest absolute Gasteiger partial charge is 0.313 e. The van der Waals surface area contributed by atoms with Crippen LogP contribution in [0.3, 0.4) is 0 Å². The molecular formula is C12H8N4O. The third-order valence-corrected chi connectivity index (χ3v) is 2.85. The number of rotatable bonds is 0. The molecule has 3 aromatic rings. The van der Waals surface area contributed by atoms with Crippen LogP contribution in [0.4, 0.5) is 0 Å². The zero-order valence-electron chi connectivity index (χ0n) is 9.08. The van der Waals surface area contributed by atoms with Gasteiger partial charge >= 0.3 is 0 Å². The maximum atomic E-state index is 12.1. The fourth-order valence-electron chi connectivity index (χ4n) is 2.02. The summed E-state index contributed by atoms with van der Waals surface area (Å²) in [6.45, 7) is 0. The van der Waals surface area contributed by atoms with Crippen LogP contribution >= 0.6 is 0 Å². The van der Waals surface area contributed by atoms with Gasteiger partial charge in [-0.05, 0) is 12.1 Å². The number of para-hydroxylation sites is 2. The molecule has 0 saturated carbocycles. The minimum absolute atomic E-state index is 0.0545. The number of imidazole rings is 1. The summed E-state index contributed by atoms with van der Waals surface area (Å²) in [5.74, 6) is 0.537. The Kier molecular flexibility index (Phi) is 1.80. The number of aryl methyl sites for hydroxylation is 1. The molecule has 0 N–H and O–H groups in total. The maximum absolute atomic E-state index is 12.1. The Bertz CT molecular complexity index is 835. The van der Waals surface area contributed by atoms with Gasteiger partial charge in [0.1, 0.15) is 11.6 Å². The van der Waals surface area contributed by atoms with Crippen LogP contribution in [0.25, 0.3) is 16.8 Å². The highest BCUT2D eigenvalue weighted by Crippen LogP contribution is 2.16. The SMILES string of the molecule is Cn1c2ccccc2n2c(=O)c(C#N)cnc12. The molecule has 0 aliphatic heterocycles. The third-order valence-electron chi connectivity index (χ3n) is 2.85. The van der Waals surface area contributed by atoms with Gasteiger partial charge in [-0.3, -0.25) is 4.79 Å². The average molecular weight is 224 g/mol. The molecule has 0 aliphatic rings. The molecule has 0 saturated heterocycles. The molecule has 0 spiro atoms. The lowest BCUT2D eigenvalue weighted by Crippen LogP contribution is -2.17. The highest BCUT2D eigenvalue weighted by Gasteiger charge is 2.12. The molecular weight excluding hydrogens is 216 g/mol. The van der Waals surface area contributed by atoms with E-state index in [0.29, 0.717) is 5.78 Å². The predicted molar refractivity (Wildman–Crippen MR) is 62.7 cm³/mol. The van der Waals surface area contributed by atoms with Crippen LogP contribution in [0.15, 0.2) is 35.3 Å². The Balaban J connectivity index is 2.70. The zero-order valence-corrected chi connectivity index (χ0v) is 9.08. The van der Waals surface area contributed by atoms with Crippen molar-refractivity contribution in [1.29, 1.82) is 5.26 Å². The third kappa shape index (κ3) is 1.12. The highest BCUT2D eigenvalue weighted by atomic mass is 16.1. The first-order valence-corrected chi connectivity index (χ1v) is 5.09. The number of benzene rings is 1. The molecule has 5 nitrogen and oxygen atoms in total. The lowest BCUT2D eigenvalue weighted by molar-refractivity contribution is 0.934. The summed E-state index contributed by atoms with van der Waals surface area (Å²) in [4.78, 5) is 16.2. The summed E-state index contributed by atoms with van der Waals surface area (Å²) < 4.78 is 3.30. The van der Waals surface area contributed by atoms with Crippen LogP contribution in [-0.2, 0) is 7.05 Å². The van der Waals surface area contributed by atoms with E-state index in [1.165, 1.54) is 10.6 Å². The normalized spacial score (nSPS) is 10.8. The van der Waals surface area contributed by atoms with Crippen molar-refractivity contribution in [2.45, 2.75) is 0 Å². The van der Waals surface area contributed by atoms with Crippen molar-refractivity contribution in [3.63, 3.8) is 0 Å². The Hall–Kier alpha value is -2.61. The minimum atomic E-state index is -0.325. The zero-order chi connectivity index (χ0) is 12.0. The number of fused-ring (bicyclic) bond motifs is 3. The molecule has 0 radical (unpaired) electrons. The molecule has 0 atom stereocenters. The molecule has 3 rings (SSSR count). The van der Waals surface area contributed by atoms with E-state index in [1.54, 1.807) is 0 Å². The Morgan fingerprint density at radius 1 is 1.29 bits per heavy atom. The molecule has 2 aromatic heterocycles. The van der Waals surface area contributed by atoms with Gasteiger partial charge < -0.3 is 4.57 Å². The van der Waals surface area contributed by atoms with Crippen LogP contribution in [-0.4, -0.2) is 14.0 Å². The number of aromatic nitrogens is 3. The van der Waals surface area contributed by atoms with Gasteiger partial charge in [-0.15, -0.1) is 0 Å². The summed E-state index contributed by atoms with van der Waals surface area (Å²) >= 11 is 0.